The van der Waals surface area contributed by atoms with Crippen molar-refractivity contribution >= 4 is 34.3 Å². The summed E-state index contributed by atoms with van der Waals surface area (Å²) in [6, 6.07) is 11.4. The van der Waals surface area contributed by atoms with Crippen LogP contribution in [0.5, 0.6) is 0 Å². The third-order valence-corrected chi connectivity index (χ3v) is 7.16. The maximum Gasteiger partial charge on any atom is 0.416 e. The molecule has 1 fully saturated rings. The summed E-state index contributed by atoms with van der Waals surface area (Å²) in [5, 5.41) is 2.95. The molecule has 7 nitrogen and oxygen atoms in total. The van der Waals surface area contributed by atoms with Crippen LogP contribution in [0.2, 0.25) is 0 Å². The molecule has 2 aromatic carbocycles. The first-order valence-electron chi connectivity index (χ1n) is 11.8. The molecule has 1 atom stereocenters. The fourth-order valence-corrected chi connectivity index (χ4v) is 4.96. The van der Waals surface area contributed by atoms with Gasteiger partial charge in [-0.25, -0.2) is 4.98 Å². The van der Waals surface area contributed by atoms with Crippen molar-refractivity contribution in [2.24, 2.45) is 0 Å². The van der Waals surface area contributed by atoms with Crippen molar-refractivity contribution in [1.82, 2.24) is 9.55 Å². The van der Waals surface area contributed by atoms with E-state index in [0.717, 1.165) is 63.2 Å². The van der Waals surface area contributed by atoms with E-state index in [-0.39, 0.29) is 11.2 Å². The van der Waals surface area contributed by atoms with Gasteiger partial charge in [0.15, 0.2) is 5.16 Å². The molecule has 1 aliphatic heterocycles. The van der Waals surface area contributed by atoms with Crippen molar-refractivity contribution in [3.8, 4) is 0 Å². The molecule has 1 aliphatic rings. The average Bonchev–Trinajstić information content (AvgIpc) is 2.86. The molecule has 0 unspecified atom stereocenters. The number of morpholine rings is 1. The Morgan fingerprint density at radius 1 is 1.17 bits per heavy atom. The molecule has 0 bridgehead atoms. The molecule has 1 amide bonds. The van der Waals surface area contributed by atoms with E-state index in [4.69, 9.17) is 4.74 Å². The maximum absolute atomic E-state index is 13.3. The molecule has 2 N–H and O–H groups in total. The average molecular weight is 522 g/mol. The molecule has 4 rings (SSSR count). The summed E-state index contributed by atoms with van der Waals surface area (Å²) in [4.78, 5) is 32.2. The normalized spacial score (nSPS) is 15.7. The summed E-state index contributed by atoms with van der Waals surface area (Å²) < 4.78 is 45.4. The first-order valence-corrected chi connectivity index (χ1v) is 12.7. The molecular weight excluding hydrogens is 493 g/mol. The number of nitrogens with zero attached hydrogens (tertiary/aromatic N) is 2. The van der Waals surface area contributed by atoms with Crippen molar-refractivity contribution in [3.63, 3.8) is 0 Å². The maximum atomic E-state index is 13.3. The van der Waals surface area contributed by atoms with Gasteiger partial charge >= 0.3 is 6.18 Å². The summed E-state index contributed by atoms with van der Waals surface area (Å²) in [7, 11) is 0. The monoisotopic (exact) mass is 521 g/mol. The number of alkyl halides is 3. The van der Waals surface area contributed by atoms with Gasteiger partial charge in [-0.05, 0) is 43.3 Å². The number of ether oxygens (including phenoxy) is 1. The lowest BCUT2D eigenvalue weighted by Gasteiger charge is -2.24. The molecule has 0 spiro atoms. The van der Waals surface area contributed by atoms with Gasteiger partial charge in [0.05, 0.1) is 41.5 Å². The zero-order chi connectivity index (χ0) is 25.7. The van der Waals surface area contributed by atoms with Crippen LogP contribution in [-0.4, -0.2) is 53.6 Å². The first kappa shape index (κ1) is 26.2. The van der Waals surface area contributed by atoms with E-state index < -0.39 is 22.9 Å². The van der Waals surface area contributed by atoms with Crippen LogP contribution >= 0.6 is 11.8 Å². The molecule has 36 heavy (non-hydrogen) atoms. The quantitative estimate of drug-likeness (QED) is 0.352. The SMILES string of the molecule is C[C@@H](Sc1nc2ccccc2c(=O)n1CCC[NH+]1CCOCC1)C(=O)Nc1ccc(C(F)(F)F)cc1. The number of hydrogen-bond acceptors (Lipinski definition) is 5. The molecular formula is C25H28F3N4O3S+. The van der Waals surface area contributed by atoms with E-state index in [1.807, 2.05) is 0 Å². The number of benzene rings is 2. The molecule has 0 saturated carbocycles. The minimum Gasteiger partial charge on any atom is -0.370 e. The Hall–Kier alpha value is -2.89. The van der Waals surface area contributed by atoms with E-state index in [2.05, 4.69) is 10.3 Å². The second-order valence-corrected chi connectivity index (χ2v) is 9.97. The van der Waals surface area contributed by atoms with Gasteiger partial charge in [-0.1, -0.05) is 23.9 Å². The lowest BCUT2D eigenvalue weighted by Crippen LogP contribution is -3.14. The zero-order valence-electron chi connectivity index (χ0n) is 19.8. The Balaban J connectivity index is 1.49. The third-order valence-electron chi connectivity index (χ3n) is 6.07. The third kappa shape index (κ3) is 6.45. The van der Waals surface area contributed by atoms with Crippen molar-refractivity contribution in [3.05, 3.63) is 64.4 Å². The van der Waals surface area contributed by atoms with Gasteiger partial charge in [-0.2, -0.15) is 13.2 Å². The molecule has 11 heteroatoms. The summed E-state index contributed by atoms with van der Waals surface area (Å²) in [5.41, 5.74) is -0.130. The topological polar surface area (TPSA) is 77.7 Å². The van der Waals surface area contributed by atoms with Gasteiger partial charge in [0.1, 0.15) is 13.1 Å². The second kappa shape index (κ2) is 11.4. The van der Waals surface area contributed by atoms with E-state index >= 15 is 0 Å². The number of carbonyl (C=O) groups is 1. The van der Waals surface area contributed by atoms with Crippen molar-refractivity contribution < 1.29 is 27.6 Å². The number of quaternary nitrogens is 1. The van der Waals surface area contributed by atoms with Gasteiger partial charge in [-0.15, -0.1) is 0 Å². The Morgan fingerprint density at radius 2 is 1.86 bits per heavy atom. The number of hydrogen-bond donors (Lipinski definition) is 2. The van der Waals surface area contributed by atoms with Crippen LogP contribution in [0.4, 0.5) is 18.9 Å². The number of thioether (sulfide) groups is 1. The minimum atomic E-state index is -4.44. The van der Waals surface area contributed by atoms with Gasteiger partial charge in [0, 0.05) is 18.7 Å². The molecule has 0 aliphatic carbocycles. The highest BCUT2D eigenvalue weighted by molar-refractivity contribution is 8.00. The van der Waals surface area contributed by atoms with E-state index in [1.54, 1.807) is 35.8 Å². The summed E-state index contributed by atoms with van der Waals surface area (Å²) >= 11 is 1.15. The lowest BCUT2D eigenvalue weighted by molar-refractivity contribution is -0.908. The van der Waals surface area contributed by atoms with E-state index in [1.165, 1.54) is 17.0 Å². The Morgan fingerprint density at radius 3 is 2.56 bits per heavy atom. The largest absolute Gasteiger partial charge is 0.416 e. The smallest absolute Gasteiger partial charge is 0.370 e. The highest BCUT2D eigenvalue weighted by Crippen LogP contribution is 2.30. The van der Waals surface area contributed by atoms with E-state index in [0.29, 0.717) is 22.6 Å². The molecule has 2 heterocycles. The predicted octanol–water partition coefficient (Wildman–Crippen LogP) is 2.84. The second-order valence-electron chi connectivity index (χ2n) is 8.66. The van der Waals surface area contributed by atoms with Gasteiger partial charge < -0.3 is 15.0 Å². The minimum absolute atomic E-state index is 0.157. The summed E-state index contributed by atoms with van der Waals surface area (Å²) in [6.07, 6.45) is -3.67. The Kier molecular flexibility index (Phi) is 8.32. The van der Waals surface area contributed by atoms with Crippen LogP contribution in [0.1, 0.15) is 18.9 Å². The van der Waals surface area contributed by atoms with Crippen LogP contribution < -0.4 is 15.8 Å². The van der Waals surface area contributed by atoms with Crippen LogP contribution in [0, 0.1) is 0 Å². The van der Waals surface area contributed by atoms with Crippen molar-refractivity contribution in [2.45, 2.75) is 36.5 Å². The summed E-state index contributed by atoms with van der Waals surface area (Å²) in [5.74, 6) is -0.397. The highest BCUT2D eigenvalue weighted by Gasteiger charge is 2.30. The number of fused-ring (bicyclic) bond motifs is 1. The Labute approximate surface area is 210 Å². The fourth-order valence-electron chi connectivity index (χ4n) is 4.03. The molecule has 1 aromatic heterocycles. The number of aromatic nitrogens is 2. The standard InChI is InChI=1S/C25H27F3N4O3S/c1-17(22(33)29-19-9-7-18(8-10-19)25(26,27)28)36-24-30-21-6-3-2-5-20(21)23(34)32(24)12-4-11-31-13-15-35-16-14-31/h2-3,5-10,17H,4,11-16H2,1H3,(H,29,33)/p+1/t17-/m1/s1. The molecule has 0 radical (unpaired) electrons. The van der Waals surface area contributed by atoms with Crippen LogP contribution in [-0.2, 0) is 22.3 Å². The summed E-state index contributed by atoms with van der Waals surface area (Å²) in [6.45, 7) is 6.39. The number of halogens is 3. The van der Waals surface area contributed by atoms with Gasteiger partial charge in [0.25, 0.3) is 5.56 Å². The molecule has 192 valence electrons. The number of carbonyl (C=O) groups excluding carboxylic acids is 1. The number of anilines is 1. The first-order chi connectivity index (χ1) is 17.2. The van der Waals surface area contributed by atoms with Crippen molar-refractivity contribution in [2.75, 3.05) is 38.2 Å². The lowest BCUT2D eigenvalue weighted by atomic mass is 10.2. The predicted molar refractivity (Wildman–Crippen MR) is 132 cm³/mol. The number of para-hydroxylation sites is 1. The number of nitrogens with one attached hydrogen (secondary N) is 2. The molecule has 1 saturated heterocycles. The zero-order valence-corrected chi connectivity index (χ0v) is 20.6. The fraction of sp³-hybridized carbons (Fsp3) is 0.400. The Bertz CT molecular complexity index is 1260. The number of amides is 1. The molecule has 3 aromatic rings. The van der Waals surface area contributed by atoms with Crippen LogP contribution in [0.3, 0.4) is 0 Å². The van der Waals surface area contributed by atoms with Crippen LogP contribution in [0.15, 0.2) is 58.5 Å². The number of rotatable bonds is 8. The van der Waals surface area contributed by atoms with E-state index in [9.17, 15) is 22.8 Å². The van der Waals surface area contributed by atoms with Gasteiger partial charge in [-0.3, -0.25) is 14.2 Å². The van der Waals surface area contributed by atoms with Crippen molar-refractivity contribution in [1.29, 1.82) is 0 Å². The highest BCUT2D eigenvalue weighted by atomic mass is 32.2. The van der Waals surface area contributed by atoms with Gasteiger partial charge in [0.2, 0.25) is 5.91 Å². The van der Waals surface area contributed by atoms with Crippen LogP contribution in [0.25, 0.3) is 10.9 Å².